The molecule has 146 valence electrons. The van der Waals surface area contributed by atoms with Gasteiger partial charge in [-0.2, -0.15) is 0 Å². The van der Waals surface area contributed by atoms with Crippen LogP contribution in [0.5, 0.6) is 5.75 Å². The zero-order chi connectivity index (χ0) is 18.8. The Morgan fingerprint density at radius 3 is 2.54 bits per heavy atom. The number of carbonyl (C=O) groups is 1. The molecule has 1 aromatic carbocycles. The number of carbonyl (C=O) groups excluding carboxylic acids is 1. The van der Waals surface area contributed by atoms with Crippen molar-refractivity contribution in [2.24, 2.45) is 0 Å². The molecule has 0 aliphatic carbocycles. The Balaban J connectivity index is 1.62. The number of hydrogen-bond donors (Lipinski definition) is 2. The van der Waals surface area contributed by atoms with E-state index in [1.165, 1.54) is 0 Å². The van der Waals surface area contributed by atoms with Crippen LogP contribution in [0.15, 0.2) is 24.3 Å². The standard InChI is InChI=1S/C17H27N3O5S/c1-24-16-5-3-15(4-6-16)17(21)18-8-14-26(22,23)19-7-2-9-20-10-12-25-13-11-20/h3-6,19H,2,7-14H2,1H3,(H,18,21). The lowest BCUT2D eigenvalue weighted by atomic mass is 10.2. The lowest BCUT2D eigenvalue weighted by molar-refractivity contribution is 0.0376. The summed E-state index contributed by atoms with van der Waals surface area (Å²) in [6.45, 7) is 4.56. The van der Waals surface area contributed by atoms with E-state index in [0.717, 1.165) is 39.3 Å². The van der Waals surface area contributed by atoms with Crippen LogP contribution in [-0.2, 0) is 14.8 Å². The molecule has 8 nitrogen and oxygen atoms in total. The van der Waals surface area contributed by atoms with Crippen LogP contribution in [0.1, 0.15) is 16.8 Å². The second kappa shape index (κ2) is 10.5. The third-order valence-corrected chi connectivity index (χ3v) is 5.47. The topological polar surface area (TPSA) is 97.0 Å². The van der Waals surface area contributed by atoms with E-state index in [0.29, 0.717) is 17.9 Å². The summed E-state index contributed by atoms with van der Waals surface area (Å²) in [5.74, 6) is 0.201. The van der Waals surface area contributed by atoms with Crippen molar-refractivity contribution in [1.82, 2.24) is 14.9 Å². The maximum Gasteiger partial charge on any atom is 0.251 e. The van der Waals surface area contributed by atoms with Gasteiger partial charge in [0.15, 0.2) is 0 Å². The van der Waals surface area contributed by atoms with Gasteiger partial charge in [0.2, 0.25) is 10.0 Å². The minimum Gasteiger partial charge on any atom is -0.497 e. The first-order chi connectivity index (χ1) is 12.5. The molecule has 1 heterocycles. The van der Waals surface area contributed by atoms with Gasteiger partial charge in [0.05, 0.1) is 26.1 Å². The van der Waals surface area contributed by atoms with Gasteiger partial charge < -0.3 is 14.8 Å². The summed E-state index contributed by atoms with van der Waals surface area (Å²) in [5, 5.41) is 2.61. The minimum atomic E-state index is -3.40. The first-order valence-corrected chi connectivity index (χ1v) is 10.3. The number of benzene rings is 1. The van der Waals surface area contributed by atoms with Crippen molar-refractivity contribution in [2.45, 2.75) is 6.42 Å². The van der Waals surface area contributed by atoms with Crippen LogP contribution in [0.4, 0.5) is 0 Å². The van der Waals surface area contributed by atoms with E-state index in [-0.39, 0.29) is 18.2 Å². The quantitative estimate of drug-likeness (QED) is 0.553. The second-order valence-corrected chi connectivity index (χ2v) is 7.93. The Morgan fingerprint density at radius 1 is 1.19 bits per heavy atom. The molecular weight excluding hydrogens is 358 g/mol. The number of hydrogen-bond acceptors (Lipinski definition) is 6. The molecule has 2 rings (SSSR count). The largest absolute Gasteiger partial charge is 0.497 e. The van der Waals surface area contributed by atoms with Gasteiger partial charge in [-0.25, -0.2) is 13.1 Å². The van der Waals surface area contributed by atoms with Crippen LogP contribution in [-0.4, -0.2) is 78.0 Å². The van der Waals surface area contributed by atoms with Gasteiger partial charge in [-0.3, -0.25) is 9.69 Å². The van der Waals surface area contributed by atoms with Gasteiger partial charge in [-0.05, 0) is 37.2 Å². The van der Waals surface area contributed by atoms with Crippen LogP contribution in [0.3, 0.4) is 0 Å². The summed E-state index contributed by atoms with van der Waals surface area (Å²) in [4.78, 5) is 14.2. The average Bonchev–Trinajstić information content (AvgIpc) is 2.66. The van der Waals surface area contributed by atoms with Gasteiger partial charge in [0.1, 0.15) is 5.75 Å². The van der Waals surface area contributed by atoms with Crippen LogP contribution in [0, 0.1) is 0 Å². The number of nitrogens with one attached hydrogen (secondary N) is 2. The van der Waals surface area contributed by atoms with Crippen molar-refractivity contribution >= 4 is 15.9 Å². The first-order valence-electron chi connectivity index (χ1n) is 8.70. The molecule has 26 heavy (non-hydrogen) atoms. The molecule has 0 spiro atoms. The van der Waals surface area contributed by atoms with E-state index in [1.807, 2.05) is 0 Å². The van der Waals surface area contributed by atoms with Crippen LogP contribution in [0.2, 0.25) is 0 Å². The molecule has 1 aromatic rings. The summed E-state index contributed by atoms with van der Waals surface area (Å²) in [6, 6.07) is 6.63. The molecule has 1 fully saturated rings. The third kappa shape index (κ3) is 7.28. The summed E-state index contributed by atoms with van der Waals surface area (Å²) in [6.07, 6.45) is 0.747. The Bertz CT molecular complexity index is 657. The average molecular weight is 385 g/mol. The summed E-state index contributed by atoms with van der Waals surface area (Å²) < 4.78 is 36.8. The van der Waals surface area contributed by atoms with Gasteiger partial charge in [-0.1, -0.05) is 0 Å². The van der Waals surface area contributed by atoms with Crippen LogP contribution >= 0.6 is 0 Å². The summed E-state index contributed by atoms with van der Waals surface area (Å²) in [7, 11) is -1.85. The molecular formula is C17H27N3O5S. The van der Waals surface area contributed by atoms with E-state index in [2.05, 4.69) is 14.9 Å². The maximum absolute atomic E-state index is 12.0. The van der Waals surface area contributed by atoms with Gasteiger partial charge in [0, 0.05) is 31.7 Å². The number of methoxy groups -OCH3 is 1. The zero-order valence-corrected chi connectivity index (χ0v) is 15.9. The van der Waals surface area contributed by atoms with Gasteiger partial charge in [-0.15, -0.1) is 0 Å². The molecule has 0 bridgehead atoms. The van der Waals surface area contributed by atoms with Crippen molar-refractivity contribution in [3.63, 3.8) is 0 Å². The Labute approximate surface area is 154 Å². The lowest BCUT2D eigenvalue weighted by Crippen LogP contribution is -2.39. The predicted octanol–water partition coefficient (Wildman–Crippen LogP) is 0.0667. The highest BCUT2D eigenvalue weighted by Gasteiger charge is 2.13. The number of morpholine rings is 1. The van der Waals surface area contributed by atoms with E-state index in [9.17, 15) is 13.2 Å². The van der Waals surface area contributed by atoms with Crippen molar-refractivity contribution in [3.05, 3.63) is 29.8 Å². The highest BCUT2D eigenvalue weighted by molar-refractivity contribution is 7.89. The maximum atomic E-state index is 12.0. The molecule has 2 N–H and O–H groups in total. The first kappa shape index (κ1) is 20.6. The molecule has 1 amide bonds. The highest BCUT2D eigenvalue weighted by Crippen LogP contribution is 2.10. The Morgan fingerprint density at radius 2 is 1.88 bits per heavy atom. The molecule has 0 aromatic heterocycles. The SMILES string of the molecule is COc1ccc(C(=O)NCCS(=O)(=O)NCCCN2CCOCC2)cc1. The minimum absolute atomic E-state index is 0.0592. The predicted molar refractivity (Wildman–Crippen MR) is 99.0 cm³/mol. The summed E-state index contributed by atoms with van der Waals surface area (Å²) >= 11 is 0. The molecule has 0 atom stereocenters. The lowest BCUT2D eigenvalue weighted by Gasteiger charge is -2.26. The third-order valence-electron chi connectivity index (χ3n) is 4.09. The fourth-order valence-corrected chi connectivity index (χ4v) is 3.54. The number of nitrogens with zero attached hydrogens (tertiary/aromatic N) is 1. The van der Waals surface area contributed by atoms with Crippen LogP contribution in [0.25, 0.3) is 0 Å². The summed E-state index contributed by atoms with van der Waals surface area (Å²) in [5.41, 5.74) is 0.460. The number of sulfonamides is 1. The molecule has 9 heteroatoms. The van der Waals surface area contributed by atoms with Crippen molar-refractivity contribution in [2.75, 3.05) is 58.8 Å². The van der Waals surface area contributed by atoms with Gasteiger partial charge in [0.25, 0.3) is 5.91 Å². The number of ether oxygens (including phenoxy) is 2. The molecule has 1 saturated heterocycles. The van der Waals surface area contributed by atoms with Crippen molar-refractivity contribution < 1.29 is 22.7 Å². The molecule has 0 saturated carbocycles. The van der Waals surface area contributed by atoms with Crippen LogP contribution < -0.4 is 14.8 Å². The van der Waals surface area contributed by atoms with Gasteiger partial charge >= 0.3 is 0 Å². The Kier molecular flexibility index (Phi) is 8.30. The zero-order valence-electron chi connectivity index (χ0n) is 15.1. The molecule has 1 aliphatic rings. The smallest absolute Gasteiger partial charge is 0.251 e. The second-order valence-electron chi connectivity index (χ2n) is 6.01. The fraction of sp³-hybridized carbons (Fsp3) is 0.588. The molecule has 0 radical (unpaired) electrons. The van der Waals surface area contributed by atoms with E-state index in [4.69, 9.17) is 9.47 Å². The van der Waals surface area contributed by atoms with Crippen molar-refractivity contribution in [3.8, 4) is 5.75 Å². The normalized spacial score (nSPS) is 15.6. The fourth-order valence-electron chi connectivity index (χ4n) is 2.57. The van der Waals surface area contributed by atoms with E-state index in [1.54, 1.807) is 31.4 Å². The highest BCUT2D eigenvalue weighted by atomic mass is 32.2. The molecule has 1 aliphatic heterocycles. The van der Waals surface area contributed by atoms with Crippen molar-refractivity contribution in [1.29, 1.82) is 0 Å². The number of amides is 1. The van der Waals surface area contributed by atoms with E-state index < -0.39 is 10.0 Å². The van der Waals surface area contributed by atoms with E-state index >= 15 is 0 Å². The monoisotopic (exact) mass is 385 g/mol. The number of rotatable bonds is 10. The molecule has 0 unspecified atom stereocenters. The Hall–Kier alpha value is -1.68.